The minimum absolute atomic E-state index is 0.131. The zero-order valence-corrected chi connectivity index (χ0v) is 28.7. The van der Waals surface area contributed by atoms with Crippen LogP contribution in [0, 0.1) is 10.8 Å². The van der Waals surface area contributed by atoms with Gasteiger partial charge in [-0.25, -0.2) is 0 Å². The van der Waals surface area contributed by atoms with Crippen LogP contribution in [-0.2, 0) is 16.2 Å². The van der Waals surface area contributed by atoms with Crippen molar-refractivity contribution in [3.8, 4) is 11.5 Å². The number of hydrogen-bond acceptors (Lipinski definition) is 5. The maximum absolute atomic E-state index is 14.3. The minimum atomic E-state index is -0.485. The molecule has 0 saturated heterocycles. The van der Waals surface area contributed by atoms with Crippen molar-refractivity contribution < 1.29 is 19.1 Å². The third kappa shape index (κ3) is 6.45. The molecule has 1 fully saturated rings. The predicted octanol–water partition coefficient (Wildman–Crippen LogP) is 9.99. The van der Waals surface area contributed by atoms with Crippen LogP contribution in [-0.4, -0.2) is 29.1 Å². The molecule has 0 amide bonds. The molecule has 1 heterocycles. The molecular weight excluding hydrogens is 605 g/mol. The summed E-state index contributed by atoms with van der Waals surface area (Å²) in [6.07, 6.45) is 8.28. The molecule has 1 saturated carbocycles. The monoisotopic (exact) mass is 649 g/mol. The van der Waals surface area contributed by atoms with Gasteiger partial charge in [-0.1, -0.05) is 82.3 Å². The Morgan fingerprint density at radius 3 is 2.02 bits per heavy atom. The van der Waals surface area contributed by atoms with E-state index < -0.39 is 5.92 Å². The topological polar surface area (TPSA) is 55.8 Å². The summed E-state index contributed by atoms with van der Waals surface area (Å²) in [5.74, 6) is 0.727. The summed E-state index contributed by atoms with van der Waals surface area (Å²) in [6.45, 7) is 11.4. The third-order valence-electron chi connectivity index (χ3n) is 9.83. The minimum Gasteiger partial charge on any atom is -0.490 e. The van der Waals surface area contributed by atoms with Gasteiger partial charge in [0.25, 0.3) is 0 Å². The Kier molecular flexibility index (Phi) is 8.91. The normalized spacial score (nSPS) is 22.0. The number of ether oxygens (including phenoxy) is 2. The van der Waals surface area contributed by atoms with Gasteiger partial charge in [0.15, 0.2) is 23.1 Å². The average molecular weight is 651 g/mol. The fourth-order valence-corrected chi connectivity index (χ4v) is 8.54. The van der Waals surface area contributed by atoms with E-state index in [1.54, 1.807) is 0 Å². The Labute approximate surface area is 277 Å². The summed E-state index contributed by atoms with van der Waals surface area (Å²) in [6, 6.07) is 11.7. The van der Waals surface area contributed by atoms with Gasteiger partial charge >= 0.3 is 0 Å². The second-order valence-corrected chi connectivity index (χ2v) is 15.7. The SMILES string of the molecule is CCOc1cc(C2C3=C(CC(C)(C)CC3=O)N(C3CCCCC3)C3=C2C(=O)CC(C)(C)C3)cc(Cl)c1OCc1cccc(Cl)c1. The number of nitrogens with zero attached hydrogens (tertiary/aromatic N) is 1. The average Bonchev–Trinajstić information content (AvgIpc) is 2.95. The molecule has 1 aliphatic heterocycles. The summed E-state index contributed by atoms with van der Waals surface area (Å²) in [5, 5.41) is 1.03. The Morgan fingerprint density at radius 1 is 0.822 bits per heavy atom. The van der Waals surface area contributed by atoms with E-state index >= 15 is 0 Å². The van der Waals surface area contributed by atoms with Gasteiger partial charge in [0.05, 0.1) is 11.6 Å². The number of rotatable bonds is 7. The van der Waals surface area contributed by atoms with Crippen LogP contribution in [0.25, 0.3) is 0 Å². The molecule has 240 valence electrons. The molecule has 7 heteroatoms. The molecule has 5 nitrogen and oxygen atoms in total. The molecule has 4 aliphatic rings. The van der Waals surface area contributed by atoms with Crippen molar-refractivity contribution in [3.63, 3.8) is 0 Å². The van der Waals surface area contributed by atoms with Crippen molar-refractivity contribution in [2.24, 2.45) is 10.8 Å². The first-order chi connectivity index (χ1) is 21.4. The molecule has 0 unspecified atom stereocenters. The van der Waals surface area contributed by atoms with Crippen LogP contribution in [0.5, 0.6) is 11.5 Å². The van der Waals surface area contributed by atoms with Gasteiger partial charge in [0.2, 0.25) is 0 Å². The van der Waals surface area contributed by atoms with Gasteiger partial charge in [0, 0.05) is 52.4 Å². The number of Topliss-reactive ketones (excluding diaryl/α,β-unsaturated/α-hetero) is 2. The molecule has 0 aromatic heterocycles. The highest BCUT2D eigenvalue weighted by molar-refractivity contribution is 6.32. The van der Waals surface area contributed by atoms with Crippen LogP contribution < -0.4 is 9.47 Å². The van der Waals surface area contributed by atoms with Crippen LogP contribution in [0.1, 0.15) is 109 Å². The van der Waals surface area contributed by atoms with Gasteiger partial charge in [-0.05, 0) is 78.8 Å². The first-order valence-electron chi connectivity index (χ1n) is 16.5. The molecule has 0 spiro atoms. The zero-order chi connectivity index (χ0) is 32.1. The molecule has 45 heavy (non-hydrogen) atoms. The van der Waals surface area contributed by atoms with E-state index in [0.29, 0.717) is 47.0 Å². The summed E-state index contributed by atoms with van der Waals surface area (Å²) in [4.78, 5) is 31.1. The number of carbonyl (C=O) groups is 2. The molecule has 6 rings (SSSR count). The quantitative estimate of drug-likeness (QED) is 0.299. The van der Waals surface area contributed by atoms with E-state index in [-0.39, 0.29) is 29.0 Å². The fraction of sp³-hybridized carbons (Fsp3) is 0.526. The Balaban J connectivity index is 1.51. The molecule has 0 bridgehead atoms. The lowest BCUT2D eigenvalue weighted by Crippen LogP contribution is -2.48. The number of ketones is 2. The van der Waals surface area contributed by atoms with Crippen molar-refractivity contribution in [2.45, 2.75) is 111 Å². The zero-order valence-electron chi connectivity index (χ0n) is 27.2. The van der Waals surface area contributed by atoms with E-state index in [2.05, 4.69) is 32.6 Å². The molecule has 0 atom stereocenters. The number of allylic oxidation sites excluding steroid dienone is 4. The number of hydrogen-bond donors (Lipinski definition) is 0. The largest absolute Gasteiger partial charge is 0.490 e. The van der Waals surface area contributed by atoms with E-state index in [0.717, 1.165) is 59.4 Å². The maximum atomic E-state index is 14.3. The smallest absolute Gasteiger partial charge is 0.180 e. The van der Waals surface area contributed by atoms with Crippen LogP contribution in [0.4, 0.5) is 0 Å². The molecule has 0 N–H and O–H groups in total. The van der Waals surface area contributed by atoms with Gasteiger partial charge in [-0.15, -0.1) is 0 Å². The van der Waals surface area contributed by atoms with Gasteiger partial charge < -0.3 is 14.4 Å². The van der Waals surface area contributed by atoms with Crippen LogP contribution in [0.15, 0.2) is 58.9 Å². The molecule has 2 aromatic rings. The van der Waals surface area contributed by atoms with Crippen molar-refractivity contribution in [3.05, 3.63) is 80.1 Å². The summed E-state index contributed by atoms with van der Waals surface area (Å²) in [7, 11) is 0. The Morgan fingerprint density at radius 2 is 1.44 bits per heavy atom. The van der Waals surface area contributed by atoms with E-state index in [1.807, 2.05) is 43.3 Å². The van der Waals surface area contributed by atoms with Crippen LogP contribution >= 0.6 is 23.2 Å². The number of carbonyl (C=O) groups excluding carboxylic acids is 2. The second-order valence-electron chi connectivity index (χ2n) is 14.9. The standard InChI is InChI=1S/C38H45Cl2NO4/c1-6-44-32-17-24(16-27(40)36(32)45-22-23-11-10-12-25(39)15-23)33-34-28(18-37(2,3)20-30(34)42)41(26-13-8-7-9-14-26)29-19-38(4,5)21-31(43)35(29)33/h10-12,15-17,26,33H,6-9,13-14,18-22H2,1-5H3. The molecule has 2 aromatic carbocycles. The van der Waals surface area contributed by atoms with Gasteiger partial charge in [-0.3, -0.25) is 9.59 Å². The third-order valence-corrected chi connectivity index (χ3v) is 10.3. The van der Waals surface area contributed by atoms with E-state index in [1.165, 1.54) is 19.3 Å². The van der Waals surface area contributed by atoms with Gasteiger partial charge in [0.1, 0.15) is 6.61 Å². The fourth-order valence-electron chi connectivity index (χ4n) is 8.05. The predicted molar refractivity (Wildman–Crippen MR) is 180 cm³/mol. The van der Waals surface area contributed by atoms with E-state index in [4.69, 9.17) is 32.7 Å². The van der Waals surface area contributed by atoms with Gasteiger partial charge in [-0.2, -0.15) is 0 Å². The Hall–Kier alpha value is -2.76. The van der Waals surface area contributed by atoms with Crippen LogP contribution in [0.2, 0.25) is 10.0 Å². The molecular formula is C38H45Cl2NO4. The number of halogens is 2. The van der Waals surface area contributed by atoms with Crippen molar-refractivity contribution >= 4 is 34.8 Å². The van der Waals surface area contributed by atoms with Crippen molar-refractivity contribution in [2.75, 3.05) is 6.61 Å². The molecule has 0 radical (unpaired) electrons. The maximum Gasteiger partial charge on any atom is 0.180 e. The van der Waals surface area contributed by atoms with Crippen molar-refractivity contribution in [1.29, 1.82) is 0 Å². The first-order valence-corrected chi connectivity index (χ1v) is 17.3. The summed E-state index contributed by atoms with van der Waals surface area (Å²) < 4.78 is 12.4. The second kappa shape index (κ2) is 12.4. The lowest BCUT2D eigenvalue weighted by atomic mass is 9.63. The van der Waals surface area contributed by atoms with E-state index in [9.17, 15) is 9.59 Å². The lowest BCUT2D eigenvalue weighted by molar-refractivity contribution is -0.119. The highest BCUT2D eigenvalue weighted by atomic mass is 35.5. The van der Waals surface area contributed by atoms with Crippen LogP contribution in [0.3, 0.4) is 0 Å². The van der Waals surface area contributed by atoms with Crippen molar-refractivity contribution in [1.82, 2.24) is 4.90 Å². The number of benzene rings is 2. The lowest BCUT2D eigenvalue weighted by Gasteiger charge is -2.52. The molecule has 3 aliphatic carbocycles. The highest BCUT2D eigenvalue weighted by Gasteiger charge is 2.50. The summed E-state index contributed by atoms with van der Waals surface area (Å²) in [5.41, 5.74) is 5.19. The first kappa shape index (κ1) is 32.2. The summed E-state index contributed by atoms with van der Waals surface area (Å²) >= 11 is 13.2. The Bertz CT molecular complexity index is 1530. The highest BCUT2D eigenvalue weighted by Crippen LogP contribution is 2.56.